The van der Waals surface area contributed by atoms with E-state index in [0.29, 0.717) is 4.47 Å². The summed E-state index contributed by atoms with van der Waals surface area (Å²) in [6.07, 6.45) is 0. The third-order valence-electron chi connectivity index (χ3n) is 1.96. The van der Waals surface area contributed by atoms with Crippen LogP contribution in [0.4, 0.5) is 8.78 Å². The Balaban J connectivity index is 0.00000225. The van der Waals surface area contributed by atoms with Gasteiger partial charge >= 0.3 is 0 Å². The number of aliphatic hydroxyl groups is 1. The Morgan fingerprint density at radius 1 is 1.50 bits per heavy atom. The van der Waals surface area contributed by atoms with Crippen molar-refractivity contribution in [3.8, 4) is 0 Å². The van der Waals surface area contributed by atoms with E-state index in [0.717, 1.165) is 0 Å². The van der Waals surface area contributed by atoms with Crippen LogP contribution >= 0.6 is 39.9 Å². The summed E-state index contributed by atoms with van der Waals surface area (Å²) in [7, 11) is 0. The van der Waals surface area contributed by atoms with Gasteiger partial charge in [-0.25, -0.2) is 8.78 Å². The van der Waals surface area contributed by atoms with Crippen LogP contribution in [0.1, 0.15) is 11.6 Å². The number of rotatable bonds is 3. The highest BCUT2D eigenvalue weighted by Gasteiger charge is 2.38. The molecule has 0 saturated carbocycles. The van der Waals surface area contributed by atoms with Gasteiger partial charge in [0.05, 0.1) is 6.04 Å². The van der Waals surface area contributed by atoms with E-state index in [9.17, 15) is 8.78 Å². The van der Waals surface area contributed by atoms with Crippen LogP contribution in [0.3, 0.4) is 0 Å². The fraction of sp³-hybridized carbons (Fsp3) is 0.333. The molecule has 16 heavy (non-hydrogen) atoms. The van der Waals surface area contributed by atoms with Gasteiger partial charge in [0, 0.05) is 9.50 Å². The van der Waals surface area contributed by atoms with Gasteiger partial charge in [-0.15, -0.1) is 12.4 Å². The maximum Gasteiger partial charge on any atom is 0.289 e. The van der Waals surface area contributed by atoms with Crippen molar-refractivity contribution in [2.75, 3.05) is 6.61 Å². The molecular weight excluding hydrogens is 327 g/mol. The van der Waals surface area contributed by atoms with Crippen molar-refractivity contribution in [2.45, 2.75) is 12.0 Å². The molecule has 0 bridgehead atoms. The van der Waals surface area contributed by atoms with Crippen molar-refractivity contribution >= 4 is 39.9 Å². The van der Waals surface area contributed by atoms with Gasteiger partial charge in [0.15, 0.2) is 0 Å². The third kappa shape index (κ3) is 3.53. The van der Waals surface area contributed by atoms with Crippen molar-refractivity contribution in [1.29, 1.82) is 0 Å². The minimum absolute atomic E-state index is 0. The van der Waals surface area contributed by atoms with E-state index in [-0.39, 0.29) is 23.0 Å². The lowest BCUT2D eigenvalue weighted by atomic mass is 10.0. The Kier molecular flexibility index (Phi) is 6.14. The Morgan fingerprint density at radius 2 is 2.06 bits per heavy atom. The number of hydrogen-bond acceptors (Lipinski definition) is 2. The van der Waals surface area contributed by atoms with Gasteiger partial charge in [-0.2, -0.15) is 0 Å². The molecule has 0 spiro atoms. The predicted octanol–water partition coefficient (Wildman–Crippen LogP) is 3.15. The smallest absolute Gasteiger partial charge is 0.289 e. The first-order valence-corrected chi connectivity index (χ1v) is 5.25. The minimum Gasteiger partial charge on any atom is -0.390 e. The Bertz CT molecular complexity index is 365. The van der Waals surface area contributed by atoms with Gasteiger partial charge in [-0.1, -0.05) is 27.5 Å². The number of benzene rings is 1. The van der Waals surface area contributed by atoms with Gasteiger partial charge in [-0.05, 0) is 23.8 Å². The molecule has 0 heterocycles. The first-order valence-electron chi connectivity index (χ1n) is 4.07. The highest BCUT2D eigenvalue weighted by Crippen LogP contribution is 2.34. The van der Waals surface area contributed by atoms with Gasteiger partial charge in [-0.3, -0.25) is 0 Å². The van der Waals surface area contributed by atoms with Crippen LogP contribution in [-0.4, -0.2) is 17.6 Å². The first kappa shape index (κ1) is 16.1. The standard InChI is InChI=1S/C9H9BrClF2NO.ClH/c10-5-1-2-7(11)6(3-5)8(14)9(12,13)4-15;/h1-3,8,15H,4,14H2;1H/t8-;/m1./s1. The van der Waals surface area contributed by atoms with E-state index in [1.807, 2.05) is 0 Å². The highest BCUT2D eigenvalue weighted by molar-refractivity contribution is 9.10. The number of alkyl halides is 2. The summed E-state index contributed by atoms with van der Waals surface area (Å²) < 4.78 is 26.8. The second kappa shape index (κ2) is 6.12. The molecule has 0 aromatic heterocycles. The quantitative estimate of drug-likeness (QED) is 0.890. The summed E-state index contributed by atoms with van der Waals surface area (Å²) in [5.74, 6) is -3.38. The van der Waals surface area contributed by atoms with Crippen LogP contribution in [0.25, 0.3) is 0 Å². The van der Waals surface area contributed by atoms with Crippen LogP contribution in [0, 0.1) is 0 Å². The summed E-state index contributed by atoms with van der Waals surface area (Å²) in [6.45, 7) is -1.31. The lowest BCUT2D eigenvalue weighted by Crippen LogP contribution is -2.36. The second-order valence-corrected chi connectivity index (χ2v) is 4.39. The maximum atomic E-state index is 13.1. The zero-order chi connectivity index (χ0) is 11.6. The molecule has 1 rings (SSSR count). The molecule has 0 saturated heterocycles. The van der Waals surface area contributed by atoms with Crippen molar-refractivity contribution in [3.63, 3.8) is 0 Å². The maximum absolute atomic E-state index is 13.1. The fourth-order valence-electron chi connectivity index (χ4n) is 1.08. The van der Waals surface area contributed by atoms with Crippen molar-refractivity contribution in [1.82, 2.24) is 0 Å². The topological polar surface area (TPSA) is 46.2 Å². The minimum atomic E-state index is -3.38. The van der Waals surface area contributed by atoms with Gasteiger partial charge in [0.2, 0.25) is 0 Å². The third-order valence-corrected chi connectivity index (χ3v) is 2.80. The van der Waals surface area contributed by atoms with Crippen LogP contribution < -0.4 is 5.73 Å². The molecule has 7 heteroatoms. The Labute approximate surface area is 111 Å². The SMILES string of the molecule is Cl.N[C@H](c1cc(Br)ccc1Cl)C(F)(F)CO. The Hall–Kier alpha value is 0.0600. The van der Waals surface area contributed by atoms with Crippen molar-refractivity contribution in [2.24, 2.45) is 5.73 Å². The van der Waals surface area contributed by atoms with E-state index in [1.54, 1.807) is 6.07 Å². The number of aliphatic hydroxyl groups excluding tert-OH is 1. The molecule has 0 unspecified atom stereocenters. The van der Waals surface area contributed by atoms with Crippen LogP contribution in [0.2, 0.25) is 5.02 Å². The fourth-order valence-corrected chi connectivity index (χ4v) is 1.69. The van der Waals surface area contributed by atoms with E-state index < -0.39 is 18.6 Å². The summed E-state index contributed by atoms with van der Waals surface area (Å²) in [5, 5.41) is 8.65. The molecule has 2 nitrogen and oxygen atoms in total. The summed E-state index contributed by atoms with van der Waals surface area (Å²) in [4.78, 5) is 0. The first-order chi connectivity index (χ1) is 6.88. The van der Waals surface area contributed by atoms with Gasteiger partial charge in [0.1, 0.15) is 6.61 Å². The average molecular weight is 337 g/mol. The molecular formula is C9H10BrCl2F2NO. The zero-order valence-corrected chi connectivity index (χ0v) is 11.1. The normalized spacial score (nSPS) is 13.1. The molecule has 0 fully saturated rings. The molecule has 0 aliphatic carbocycles. The molecule has 0 radical (unpaired) electrons. The number of halogens is 5. The summed E-state index contributed by atoms with van der Waals surface area (Å²) in [6, 6.07) is 2.88. The predicted molar refractivity (Wildman–Crippen MR) is 65.4 cm³/mol. The molecule has 1 atom stereocenters. The lowest BCUT2D eigenvalue weighted by Gasteiger charge is -2.22. The number of hydrogen-bond donors (Lipinski definition) is 2. The van der Waals surface area contributed by atoms with E-state index in [2.05, 4.69) is 15.9 Å². The van der Waals surface area contributed by atoms with Gasteiger partial charge in [0.25, 0.3) is 5.92 Å². The largest absolute Gasteiger partial charge is 0.390 e. The molecule has 1 aromatic rings. The van der Waals surface area contributed by atoms with Crippen molar-refractivity contribution < 1.29 is 13.9 Å². The Morgan fingerprint density at radius 3 is 2.56 bits per heavy atom. The van der Waals surface area contributed by atoms with E-state index in [4.69, 9.17) is 22.4 Å². The van der Waals surface area contributed by atoms with Crippen LogP contribution in [0.15, 0.2) is 22.7 Å². The average Bonchev–Trinajstić information content (AvgIpc) is 2.20. The molecule has 1 aromatic carbocycles. The summed E-state index contributed by atoms with van der Waals surface area (Å²) in [5.41, 5.74) is 5.44. The second-order valence-electron chi connectivity index (χ2n) is 3.06. The van der Waals surface area contributed by atoms with Crippen molar-refractivity contribution in [3.05, 3.63) is 33.3 Å². The molecule has 0 amide bonds. The monoisotopic (exact) mass is 335 g/mol. The zero-order valence-electron chi connectivity index (χ0n) is 7.96. The molecule has 3 N–H and O–H groups in total. The molecule has 0 aliphatic heterocycles. The van der Waals surface area contributed by atoms with Crippen LogP contribution in [0.5, 0.6) is 0 Å². The van der Waals surface area contributed by atoms with E-state index in [1.165, 1.54) is 12.1 Å². The molecule has 92 valence electrons. The lowest BCUT2D eigenvalue weighted by molar-refractivity contribution is -0.0711. The molecule has 0 aliphatic rings. The van der Waals surface area contributed by atoms with Gasteiger partial charge < -0.3 is 10.8 Å². The van der Waals surface area contributed by atoms with Crippen LogP contribution in [-0.2, 0) is 0 Å². The summed E-state index contributed by atoms with van der Waals surface area (Å²) >= 11 is 8.87. The van der Waals surface area contributed by atoms with E-state index >= 15 is 0 Å². The number of nitrogens with two attached hydrogens (primary N) is 1. The highest BCUT2D eigenvalue weighted by atomic mass is 79.9.